The van der Waals surface area contributed by atoms with Gasteiger partial charge in [0.25, 0.3) is 11.7 Å². The fraction of sp³-hybridized carbons (Fsp3) is 0.292. The maximum atomic E-state index is 13.0. The van der Waals surface area contributed by atoms with Crippen molar-refractivity contribution >= 4 is 17.4 Å². The van der Waals surface area contributed by atoms with Crippen LogP contribution < -0.4 is 0 Å². The summed E-state index contributed by atoms with van der Waals surface area (Å²) < 4.78 is 7.25. The molecule has 3 aromatic rings. The Labute approximate surface area is 186 Å². The van der Waals surface area contributed by atoms with E-state index in [0.717, 1.165) is 12.2 Å². The van der Waals surface area contributed by atoms with E-state index < -0.39 is 17.7 Å². The standard InChI is InChI=1S/C24H26N4O4/c1-16-18(15-25-28(16)17-9-5-4-6-10-17)22(29)20-21(19-11-7-14-32-19)27(24(31)23(20)30)13-8-12-26(2)3/h4-7,9-11,14-15,21,29H,8,12-13H2,1-3H3/b22-20+/t21-/m1/s1. The van der Waals surface area contributed by atoms with Crippen LogP contribution in [0.2, 0.25) is 0 Å². The highest BCUT2D eigenvalue weighted by atomic mass is 16.3. The van der Waals surface area contributed by atoms with E-state index in [1.54, 1.807) is 16.8 Å². The first kappa shape index (κ1) is 21.6. The van der Waals surface area contributed by atoms with Crippen LogP contribution in [0.15, 0.2) is 64.9 Å². The third kappa shape index (κ3) is 3.85. The van der Waals surface area contributed by atoms with Crippen LogP contribution in [0.3, 0.4) is 0 Å². The van der Waals surface area contributed by atoms with Gasteiger partial charge in [0, 0.05) is 6.54 Å². The lowest BCUT2D eigenvalue weighted by Gasteiger charge is -2.23. The Morgan fingerprint density at radius 3 is 2.56 bits per heavy atom. The molecule has 8 heteroatoms. The zero-order valence-electron chi connectivity index (χ0n) is 18.4. The van der Waals surface area contributed by atoms with Crippen LogP contribution in [0.25, 0.3) is 11.4 Å². The number of aliphatic hydroxyl groups excluding tert-OH is 1. The Morgan fingerprint density at radius 1 is 1.16 bits per heavy atom. The molecule has 0 bridgehead atoms. The van der Waals surface area contributed by atoms with Crippen molar-refractivity contribution in [3.05, 3.63) is 77.5 Å². The first-order valence-electron chi connectivity index (χ1n) is 10.5. The fourth-order valence-electron chi connectivity index (χ4n) is 4.03. The van der Waals surface area contributed by atoms with Crippen molar-refractivity contribution in [3.8, 4) is 5.69 Å². The summed E-state index contributed by atoms with van der Waals surface area (Å²) in [6.45, 7) is 2.94. The van der Waals surface area contributed by atoms with Crippen molar-refractivity contribution < 1.29 is 19.1 Å². The van der Waals surface area contributed by atoms with Crippen LogP contribution in [-0.4, -0.2) is 63.6 Å². The molecule has 0 radical (unpaired) electrons. The third-order valence-electron chi connectivity index (χ3n) is 5.62. The molecule has 1 fully saturated rings. The number of para-hydroxylation sites is 1. The normalized spacial score (nSPS) is 18.1. The second kappa shape index (κ2) is 8.84. The van der Waals surface area contributed by atoms with Crippen LogP contribution >= 0.6 is 0 Å². The zero-order valence-corrected chi connectivity index (χ0v) is 18.4. The number of benzene rings is 1. The van der Waals surface area contributed by atoms with E-state index in [1.165, 1.54) is 17.4 Å². The third-order valence-corrected chi connectivity index (χ3v) is 5.62. The lowest BCUT2D eigenvalue weighted by molar-refractivity contribution is -0.140. The summed E-state index contributed by atoms with van der Waals surface area (Å²) in [5.74, 6) is -1.18. The minimum atomic E-state index is -0.786. The number of furan rings is 1. The molecule has 166 valence electrons. The van der Waals surface area contributed by atoms with E-state index in [-0.39, 0.29) is 11.3 Å². The molecule has 1 amide bonds. The number of carbonyl (C=O) groups is 2. The van der Waals surface area contributed by atoms with Crippen molar-refractivity contribution in [1.29, 1.82) is 0 Å². The number of Topliss-reactive ketones (excluding diaryl/α,β-unsaturated/α-hetero) is 1. The minimum Gasteiger partial charge on any atom is -0.507 e. The summed E-state index contributed by atoms with van der Waals surface area (Å²) in [7, 11) is 3.90. The summed E-state index contributed by atoms with van der Waals surface area (Å²) in [4.78, 5) is 29.4. The highest BCUT2D eigenvalue weighted by molar-refractivity contribution is 6.46. The molecule has 1 atom stereocenters. The van der Waals surface area contributed by atoms with Crippen molar-refractivity contribution in [2.45, 2.75) is 19.4 Å². The van der Waals surface area contributed by atoms with E-state index in [1.807, 2.05) is 56.3 Å². The quantitative estimate of drug-likeness (QED) is 0.349. The van der Waals surface area contributed by atoms with Crippen molar-refractivity contribution in [2.75, 3.05) is 27.2 Å². The average Bonchev–Trinajstić information content (AvgIpc) is 3.49. The van der Waals surface area contributed by atoms with Gasteiger partial charge in [-0.15, -0.1) is 0 Å². The zero-order chi connectivity index (χ0) is 22.8. The van der Waals surface area contributed by atoms with E-state index in [4.69, 9.17) is 4.42 Å². The van der Waals surface area contributed by atoms with Gasteiger partial charge in [-0.05, 0) is 58.3 Å². The average molecular weight is 434 g/mol. The highest BCUT2D eigenvalue weighted by Crippen LogP contribution is 2.40. The molecule has 4 rings (SSSR count). The summed E-state index contributed by atoms with van der Waals surface area (Å²) >= 11 is 0. The van der Waals surface area contributed by atoms with E-state index >= 15 is 0 Å². The molecule has 0 spiro atoms. The van der Waals surface area contributed by atoms with Gasteiger partial charge in [0.15, 0.2) is 0 Å². The van der Waals surface area contributed by atoms with Crippen molar-refractivity contribution in [3.63, 3.8) is 0 Å². The highest BCUT2D eigenvalue weighted by Gasteiger charge is 2.47. The lowest BCUT2D eigenvalue weighted by atomic mass is 9.99. The number of ketones is 1. The number of carbonyl (C=O) groups excluding carboxylic acids is 2. The summed E-state index contributed by atoms with van der Waals surface area (Å²) in [5, 5.41) is 15.6. The number of hydrogen-bond acceptors (Lipinski definition) is 6. The molecule has 1 N–H and O–H groups in total. The first-order valence-corrected chi connectivity index (χ1v) is 10.5. The second-order valence-corrected chi connectivity index (χ2v) is 8.06. The number of aromatic nitrogens is 2. The molecular formula is C24H26N4O4. The number of hydrogen-bond donors (Lipinski definition) is 1. The molecule has 0 saturated carbocycles. The minimum absolute atomic E-state index is 0.0190. The predicted molar refractivity (Wildman–Crippen MR) is 119 cm³/mol. The van der Waals surface area contributed by atoms with Crippen LogP contribution in [0, 0.1) is 6.92 Å². The smallest absolute Gasteiger partial charge is 0.295 e. The summed E-state index contributed by atoms with van der Waals surface area (Å²) in [5.41, 5.74) is 1.91. The van der Waals surface area contributed by atoms with Gasteiger partial charge in [0.05, 0.1) is 35.0 Å². The maximum Gasteiger partial charge on any atom is 0.295 e. The molecule has 0 aliphatic carbocycles. The Balaban J connectivity index is 1.77. The molecule has 2 aromatic heterocycles. The van der Waals surface area contributed by atoms with Gasteiger partial charge in [-0.2, -0.15) is 5.10 Å². The molecular weight excluding hydrogens is 408 g/mol. The Kier molecular flexibility index (Phi) is 5.96. The molecule has 0 unspecified atom stereocenters. The van der Waals surface area contributed by atoms with Crippen LogP contribution in [0.4, 0.5) is 0 Å². The van der Waals surface area contributed by atoms with Gasteiger partial charge in [0.2, 0.25) is 0 Å². The monoisotopic (exact) mass is 434 g/mol. The molecule has 1 saturated heterocycles. The Hall–Kier alpha value is -3.65. The molecule has 32 heavy (non-hydrogen) atoms. The topological polar surface area (TPSA) is 91.8 Å². The summed E-state index contributed by atoms with van der Waals surface area (Å²) in [6.07, 6.45) is 3.69. The first-order chi connectivity index (χ1) is 15.4. The predicted octanol–water partition coefficient (Wildman–Crippen LogP) is 3.15. The molecule has 1 aliphatic heterocycles. The van der Waals surface area contributed by atoms with E-state index in [9.17, 15) is 14.7 Å². The summed E-state index contributed by atoms with van der Waals surface area (Å²) in [6, 6.07) is 12.1. The van der Waals surface area contributed by atoms with Gasteiger partial charge in [-0.25, -0.2) is 4.68 Å². The van der Waals surface area contributed by atoms with Crippen molar-refractivity contribution in [1.82, 2.24) is 19.6 Å². The number of nitrogens with zero attached hydrogens (tertiary/aromatic N) is 4. The SMILES string of the molecule is Cc1c(/C(O)=C2\C(=O)C(=O)N(CCCN(C)C)[C@@H]2c2ccco2)cnn1-c1ccccc1. The van der Waals surface area contributed by atoms with Gasteiger partial charge < -0.3 is 19.3 Å². The molecule has 1 aliphatic rings. The van der Waals surface area contributed by atoms with E-state index in [0.29, 0.717) is 30.0 Å². The maximum absolute atomic E-state index is 13.0. The molecule has 8 nitrogen and oxygen atoms in total. The van der Waals surface area contributed by atoms with Gasteiger partial charge >= 0.3 is 0 Å². The molecule has 1 aromatic carbocycles. The van der Waals surface area contributed by atoms with Gasteiger partial charge in [-0.1, -0.05) is 18.2 Å². The lowest BCUT2D eigenvalue weighted by Crippen LogP contribution is -2.32. The van der Waals surface area contributed by atoms with E-state index in [2.05, 4.69) is 5.10 Å². The Bertz CT molecular complexity index is 1150. The van der Waals surface area contributed by atoms with Gasteiger partial charge in [0.1, 0.15) is 17.6 Å². The fourth-order valence-corrected chi connectivity index (χ4v) is 4.03. The number of rotatable bonds is 7. The van der Waals surface area contributed by atoms with Crippen LogP contribution in [-0.2, 0) is 9.59 Å². The van der Waals surface area contributed by atoms with Crippen LogP contribution in [0.5, 0.6) is 0 Å². The largest absolute Gasteiger partial charge is 0.507 e. The molecule has 3 heterocycles. The number of amides is 1. The number of likely N-dealkylation sites (tertiary alicyclic amines) is 1. The van der Waals surface area contributed by atoms with Crippen molar-refractivity contribution in [2.24, 2.45) is 0 Å². The second-order valence-electron chi connectivity index (χ2n) is 8.06. The number of aliphatic hydroxyl groups is 1. The van der Waals surface area contributed by atoms with Gasteiger partial charge in [-0.3, -0.25) is 9.59 Å². The van der Waals surface area contributed by atoms with Crippen LogP contribution in [0.1, 0.15) is 29.5 Å². The Morgan fingerprint density at radius 2 is 1.91 bits per heavy atom.